The van der Waals surface area contributed by atoms with Crippen molar-refractivity contribution in [1.29, 1.82) is 0 Å². The average molecular weight is 406 g/mol. The zero-order chi connectivity index (χ0) is 20.3. The van der Waals surface area contributed by atoms with Crippen molar-refractivity contribution in [3.8, 4) is 0 Å². The van der Waals surface area contributed by atoms with Gasteiger partial charge in [-0.2, -0.15) is 0 Å². The molecule has 1 aromatic heterocycles. The molecule has 0 unspecified atom stereocenters. The van der Waals surface area contributed by atoms with Gasteiger partial charge in [-0.05, 0) is 32.7 Å². The number of nitrogens with zero attached hydrogens (tertiary/aromatic N) is 2. The number of hydrogen-bond donors (Lipinski definition) is 3. The van der Waals surface area contributed by atoms with Gasteiger partial charge in [0.15, 0.2) is 5.01 Å². The number of rotatable bonds is 6. The van der Waals surface area contributed by atoms with Crippen molar-refractivity contribution in [2.45, 2.75) is 57.7 Å². The third kappa shape index (κ3) is 4.72. The SMILES string of the molecule is C=C(CC)N[C@H]1CC[C@H](C(=O)NC)C[C@H]1NC(=O)c1nc2c(s1)CN(C)CC2. The number of thiazole rings is 1. The maximum Gasteiger partial charge on any atom is 0.280 e. The number of allylic oxidation sites excluding steroid dienone is 1. The first-order chi connectivity index (χ1) is 13.4. The monoisotopic (exact) mass is 405 g/mol. The van der Waals surface area contributed by atoms with E-state index >= 15 is 0 Å². The lowest BCUT2D eigenvalue weighted by Crippen LogP contribution is -2.54. The summed E-state index contributed by atoms with van der Waals surface area (Å²) >= 11 is 1.48. The first-order valence-electron chi connectivity index (χ1n) is 10.0. The highest BCUT2D eigenvalue weighted by molar-refractivity contribution is 7.13. The van der Waals surface area contributed by atoms with Gasteiger partial charge in [-0.1, -0.05) is 13.5 Å². The molecule has 8 heteroatoms. The van der Waals surface area contributed by atoms with E-state index in [1.54, 1.807) is 7.05 Å². The van der Waals surface area contributed by atoms with E-state index in [1.165, 1.54) is 16.2 Å². The molecule has 3 rings (SSSR count). The van der Waals surface area contributed by atoms with Crippen LogP contribution in [0, 0.1) is 5.92 Å². The van der Waals surface area contributed by atoms with Crippen LogP contribution in [0.25, 0.3) is 0 Å². The van der Waals surface area contributed by atoms with Crippen LogP contribution in [-0.2, 0) is 17.8 Å². The molecule has 1 aliphatic heterocycles. The number of nitrogens with one attached hydrogen (secondary N) is 3. The molecule has 1 aromatic rings. The fourth-order valence-corrected chi connectivity index (χ4v) is 5.05. The number of fused-ring (bicyclic) bond motifs is 1. The molecule has 2 aliphatic rings. The Labute approximate surface area is 171 Å². The van der Waals surface area contributed by atoms with Crippen molar-refractivity contribution in [3.05, 3.63) is 27.9 Å². The molecular formula is C20H31N5O2S. The Balaban J connectivity index is 1.72. The first-order valence-corrected chi connectivity index (χ1v) is 10.9. The third-order valence-corrected chi connectivity index (χ3v) is 6.80. The number of likely N-dealkylation sites (N-methyl/N-ethyl adjacent to an activating group) is 1. The van der Waals surface area contributed by atoms with E-state index in [9.17, 15) is 9.59 Å². The molecule has 1 saturated carbocycles. The van der Waals surface area contributed by atoms with Gasteiger partial charge in [0.25, 0.3) is 5.91 Å². The molecule has 7 nitrogen and oxygen atoms in total. The van der Waals surface area contributed by atoms with Gasteiger partial charge in [0.2, 0.25) is 5.91 Å². The van der Waals surface area contributed by atoms with Crippen LogP contribution < -0.4 is 16.0 Å². The Hall–Kier alpha value is -1.93. The minimum Gasteiger partial charge on any atom is -0.384 e. The lowest BCUT2D eigenvalue weighted by molar-refractivity contribution is -0.125. The van der Waals surface area contributed by atoms with Crippen LogP contribution in [0.4, 0.5) is 0 Å². The van der Waals surface area contributed by atoms with Gasteiger partial charge < -0.3 is 20.9 Å². The zero-order valence-electron chi connectivity index (χ0n) is 17.0. The third-order valence-electron chi connectivity index (χ3n) is 5.72. The van der Waals surface area contributed by atoms with Crippen LogP contribution in [0.15, 0.2) is 12.3 Å². The molecular weight excluding hydrogens is 374 g/mol. The van der Waals surface area contributed by atoms with E-state index in [1.807, 2.05) is 0 Å². The molecule has 3 N–H and O–H groups in total. The predicted molar refractivity (Wildman–Crippen MR) is 111 cm³/mol. The Morgan fingerprint density at radius 2 is 2.07 bits per heavy atom. The van der Waals surface area contributed by atoms with Gasteiger partial charge in [0.05, 0.1) is 11.7 Å². The van der Waals surface area contributed by atoms with Crippen LogP contribution >= 0.6 is 11.3 Å². The largest absolute Gasteiger partial charge is 0.384 e. The van der Waals surface area contributed by atoms with E-state index in [0.29, 0.717) is 11.4 Å². The van der Waals surface area contributed by atoms with Crippen molar-refractivity contribution in [1.82, 2.24) is 25.8 Å². The van der Waals surface area contributed by atoms with Gasteiger partial charge in [-0.3, -0.25) is 9.59 Å². The fourth-order valence-electron chi connectivity index (χ4n) is 3.96. The summed E-state index contributed by atoms with van der Waals surface area (Å²) in [6.45, 7) is 7.92. The van der Waals surface area contributed by atoms with E-state index in [0.717, 1.165) is 50.2 Å². The molecule has 154 valence electrons. The summed E-state index contributed by atoms with van der Waals surface area (Å²) in [5.74, 6) is -0.181. The molecule has 28 heavy (non-hydrogen) atoms. The molecule has 0 saturated heterocycles. The van der Waals surface area contributed by atoms with E-state index in [4.69, 9.17) is 0 Å². The van der Waals surface area contributed by atoms with Crippen LogP contribution in [0.1, 0.15) is 53.0 Å². The molecule has 3 atom stereocenters. The summed E-state index contributed by atoms with van der Waals surface area (Å²) in [6.07, 6.45) is 3.97. The predicted octanol–water partition coefficient (Wildman–Crippen LogP) is 1.66. The van der Waals surface area contributed by atoms with Crippen molar-refractivity contribution in [2.75, 3.05) is 20.6 Å². The fraction of sp³-hybridized carbons (Fsp3) is 0.650. The summed E-state index contributed by atoms with van der Waals surface area (Å²) in [4.78, 5) is 33.1. The second kappa shape index (κ2) is 9.05. The lowest BCUT2D eigenvalue weighted by atomic mass is 9.81. The van der Waals surface area contributed by atoms with Gasteiger partial charge >= 0.3 is 0 Å². The number of amides is 2. The molecule has 1 fully saturated rings. The first kappa shape index (κ1) is 20.8. The van der Waals surface area contributed by atoms with Gasteiger partial charge in [-0.25, -0.2) is 4.98 Å². The van der Waals surface area contributed by atoms with E-state index in [-0.39, 0.29) is 29.8 Å². The summed E-state index contributed by atoms with van der Waals surface area (Å²) in [5.41, 5.74) is 2.00. The Morgan fingerprint density at radius 1 is 1.29 bits per heavy atom. The van der Waals surface area contributed by atoms with Gasteiger partial charge in [0.1, 0.15) is 0 Å². The lowest BCUT2D eigenvalue weighted by Gasteiger charge is -2.37. The zero-order valence-corrected chi connectivity index (χ0v) is 17.8. The number of aromatic nitrogens is 1. The summed E-state index contributed by atoms with van der Waals surface area (Å²) in [6, 6.07) is -0.0477. The van der Waals surface area contributed by atoms with E-state index in [2.05, 4.69) is 46.4 Å². The topological polar surface area (TPSA) is 86.4 Å². The smallest absolute Gasteiger partial charge is 0.280 e. The molecule has 0 aromatic carbocycles. The number of hydrogen-bond acceptors (Lipinski definition) is 6. The summed E-state index contributed by atoms with van der Waals surface area (Å²) in [7, 11) is 3.75. The second-order valence-electron chi connectivity index (χ2n) is 7.79. The molecule has 2 amide bonds. The van der Waals surface area contributed by atoms with Crippen molar-refractivity contribution >= 4 is 23.2 Å². The minimum atomic E-state index is -0.140. The summed E-state index contributed by atoms with van der Waals surface area (Å²) < 4.78 is 0. The Bertz CT molecular complexity index is 747. The minimum absolute atomic E-state index is 0.0415. The number of carbonyl (C=O) groups is 2. The molecule has 0 spiro atoms. The molecule has 2 heterocycles. The standard InChI is InChI=1S/C20H31N5O2S/c1-5-12(2)22-14-7-6-13(18(26)21-3)10-16(14)23-19(27)20-24-15-8-9-25(4)11-17(15)28-20/h13-14,16,22H,2,5-11H2,1,3-4H3,(H,21,26)(H,23,27)/t13-,14-,16+/m0/s1. The van der Waals surface area contributed by atoms with Crippen LogP contribution in [0.5, 0.6) is 0 Å². The van der Waals surface area contributed by atoms with Crippen molar-refractivity contribution in [2.24, 2.45) is 5.92 Å². The van der Waals surface area contributed by atoms with Crippen LogP contribution in [0.3, 0.4) is 0 Å². The molecule has 0 bridgehead atoms. The number of carbonyl (C=O) groups excluding carboxylic acids is 2. The van der Waals surface area contributed by atoms with Gasteiger partial charge in [-0.15, -0.1) is 11.3 Å². The van der Waals surface area contributed by atoms with Crippen molar-refractivity contribution < 1.29 is 9.59 Å². The molecule has 1 aliphatic carbocycles. The highest BCUT2D eigenvalue weighted by Crippen LogP contribution is 2.28. The molecule has 0 radical (unpaired) electrons. The van der Waals surface area contributed by atoms with Crippen LogP contribution in [-0.4, -0.2) is 54.4 Å². The van der Waals surface area contributed by atoms with Crippen molar-refractivity contribution in [3.63, 3.8) is 0 Å². The second-order valence-corrected chi connectivity index (χ2v) is 8.87. The maximum atomic E-state index is 12.9. The highest BCUT2D eigenvalue weighted by atomic mass is 32.1. The Morgan fingerprint density at radius 3 is 2.79 bits per heavy atom. The highest BCUT2D eigenvalue weighted by Gasteiger charge is 2.35. The van der Waals surface area contributed by atoms with E-state index < -0.39 is 0 Å². The van der Waals surface area contributed by atoms with Gasteiger partial charge in [0, 0.05) is 49.1 Å². The Kier molecular flexibility index (Phi) is 6.72. The average Bonchev–Trinajstić information content (AvgIpc) is 3.11. The quantitative estimate of drug-likeness (QED) is 0.670. The maximum absolute atomic E-state index is 12.9. The van der Waals surface area contributed by atoms with Crippen LogP contribution in [0.2, 0.25) is 0 Å². The summed E-state index contributed by atoms with van der Waals surface area (Å²) in [5, 5.41) is 9.86. The normalized spacial score (nSPS) is 24.9.